The highest BCUT2D eigenvalue weighted by Gasteiger charge is 2.25. The van der Waals surface area contributed by atoms with E-state index in [0.717, 1.165) is 5.92 Å². The van der Waals surface area contributed by atoms with Crippen LogP contribution in [0, 0.1) is 5.92 Å². The minimum Gasteiger partial charge on any atom is -0.252 e. The fraction of sp³-hybridized carbons (Fsp3) is 0.455. The molecule has 0 saturated heterocycles. The van der Waals surface area contributed by atoms with Crippen LogP contribution >= 0.6 is 11.9 Å². The lowest BCUT2D eigenvalue weighted by molar-refractivity contribution is 0.438. The molecule has 13 heavy (non-hydrogen) atoms. The van der Waals surface area contributed by atoms with Crippen molar-refractivity contribution in [3.63, 3.8) is 0 Å². The van der Waals surface area contributed by atoms with Gasteiger partial charge in [-0.15, -0.1) is 0 Å². The molecule has 70 valence electrons. The highest BCUT2D eigenvalue weighted by Crippen LogP contribution is 2.39. The molecule has 2 atom stereocenters. The van der Waals surface area contributed by atoms with Gasteiger partial charge in [0.05, 0.1) is 0 Å². The lowest BCUT2D eigenvalue weighted by Crippen LogP contribution is -2.16. The molecule has 2 rings (SSSR count). The van der Waals surface area contributed by atoms with Crippen LogP contribution in [0.15, 0.2) is 29.2 Å². The van der Waals surface area contributed by atoms with E-state index in [4.69, 9.17) is 0 Å². The molecule has 0 spiro atoms. The molecule has 2 heteroatoms. The van der Waals surface area contributed by atoms with Gasteiger partial charge in [0.25, 0.3) is 0 Å². The Morgan fingerprint density at radius 3 is 3.00 bits per heavy atom. The first-order valence-electron chi connectivity index (χ1n) is 4.84. The van der Waals surface area contributed by atoms with Crippen molar-refractivity contribution < 1.29 is 0 Å². The van der Waals surface area contributed by atoms with Gasteiger partial charge in [-0.1, -0.05) is 38.5 Å². The van der Waals surface area contributed by atoms with Gasteiger partial charge in [-0.05, 0) is 29.5 Å². The smallest absolute Gasteiger partial charge is 0.0461 e. The topological polar surface area (TPSA) is 12.0 Å². The van der Waals surface area contributed by atoms with E-state index in [1.165, 1.54) is 16.9 Å². The molecule has 0 bridgehead atoms. The molecule has 0 saturated carbocycles. The summed E-state index contributed by atoms with van der Waals surface area (Å²) in [5.74, 6) is 0.719. The first kappa shape index (κ1) is 9.10. The van der Waals surface area contributed by atoms with Crippen LogP contribution in [0.5, 0.6) is 0 Å². The van der Waals surface area contributed by atoms with Gasteiger partial charge < -0.3 is 0 Å². The molecule has 1 heterocycles. The van der Waals surface area contributed by atoms with Crippen LogP contribution in [0.1, 0.15) is 31.9 Å². The fourth-order valence-electron chi connectivity index (χ4n) is 1.68. The zero-order valence-corrected chi connectivity index (χ0v) is 8.90. The highest BCUT2D eigenvalue weighted by molar-refractivity contribution is 7.97. The van der Waals surface area contributed by atoms with Gasteiger partial charge in [0, 0.05) is 10.9 Å². The minimum atomic E-state index is 0.547. The molecule has 2 unspecified atom stereocenters. The van der Waals surface area contributed by atoms with Crippen LogP contribution < -0.4 is 4.72 Å². The number of rotatable bonds is 2. The highest BCUT2D eigenvalue weighted by atomic mass is 32.2. The average molecular weight is 193 g/mol. The van der Waals surface area contributed by atoms with Gasteiger partial charge in [0.1, 0.15) is 0 Å². The summed E-state index contributed by atoms with van der Waals surface area (Å²) in [7, 11) is 0. The second-order valence-electron chi connectivity index (χ2n) is 3.62. The van der Waals surface area contributed by atoms with E-state index in [2.05, 4.69) is 42.8 Å². The van der Waals surface area contributed by atoms with E-state index in [1.54, 1.807) is 11.9 Å². The van der Waals surface area contributed by atoms with Gasteiger partial charge in [-0.3, -0.25) is 4.72 Å². The Morgan fingerprint density at radius 2 is 2.23 bits per heavy atom. The summed E-state index contributed by atoms with van der Waals surface area (Å²) in [5, 5.41) is 0. The molecule has 1 aliphatic rings. The third kappa shape index (κ3) is 1.61. The number of fused-ring (bicyclic) bond motifs is 1. The van der Waals surface area contributed by atoms with E-state index >= 15 is 0 Å². The fourth-order valence-corrected chi connectivity index (χ4v) is 2.75. The Bertz CT molecular complexity index is 298. The van der Waals surface area contributed by atoms with E-state index < -0.39 is 0 Å². The Hall–Kier alpha value is -0.470. The summed E-state index contributed by atoms with van der Waals surface area (Å²) in [6.45, 7) is 4.55. The molecule has 1 nitrogen and oxygen atoms in total. The van der Waals surface area contributed by atoms with E-state index in [-0.39, 0.29) is 0 Å². The first-order chi connectivity index (χ1) is 6.33. The van der Waals surface area contributed by atoms with Crippen LogP contribution in [0.3, 0.4) is 0 Å². The minimum absolute atomic E-state index is 0.547. The largest absolute Gasteiger partial charge is 0.252 e. The number of benzene rings is 1. The third-order valence-electron chi connectivity index (χ3n) is 2.76. The summed E-state index contributed by atoms with van der Waals surface area (Å²) in [6.07, 6.45) is 1.23. The van der Waals surface area contributed by atoms with Crippen molar-refractivity contribution in [2.24, 2.45) is 5.92 Å². The van der Waals surface area contributed by atoms with Crippen molar-refractivity contribution in [1.82, 2.24) is 4.72 Å². The second kappa shape index (κ2) is 3.72. The van der Waals surface area contributed by atoms with E-state index in [0.29, 0.717) is 6.04 Å². The normalized spacial score (nSPS) is 22.8. The zero-order valence-electron chi connectivity index (χ0n) is 8.08. The molecule has 1 aromatic carbocycles. The van der Waals surface area contributed by atoms with E-state index in [9.17, 15) is 0 Å². The van der Waals surface area contributed by atoms with Crippen LogP contribution in [0.4, 0.5) is 0 Å². The van der Waals surface area contributed by atoms with Crippen molar-refractivity contribution in [3.8, 4) is 0 Å². The lowest BCUT2D eigenvalue weighted by atomic mass is 9.93. The molecule has 0 aliphatic carbocycles. The maximum atomic E-state index is 3.49. The molecule has 0 aromatic heterocycles. The Balaban J connectivity index is 2.28. The molecular weight excluding hydrogens is 178 g/mol. The van der Waals surface area contributed by atoms with Gasteiger partial charge in [-0.2, -0.15) is 0 Å². The van der Waals surface area contributed by atoms with Crippen LogP contribution in [0.25, 0.3) is 0 Å². The molecule has 1 aliphatic heterocycles. The van der Waals surface area contributed by atoms with Crippen LogP contribution in [-0.2, 0) is 0 Å². The lowest BCUT2D eigenvalue weighted by Gasteiger charge is -2.17. The maximum Gasteiger partial charge on any atom is 0.0461 e. The Kier molecular flexibility index (Phi) is 2.61. The van der Waals surface area contributed by atoms with E-state index in [1.807, 2.05) is 0 Å². The summed E-state index contributed by atoms with van der Waals surface area (Å²) in [5.41, 5.74) is 1.47. The molecule has 0 amide bonds. The Labute approximate surface area is 84.1 Å². The van der Waals surface area contributed by atoms with Crippen molar-refractivity contribution in [2.45, 2.75) is 31.2 Å². The van der Waals surface area contributed by atoms with Crippen LogP contribution in [-0.4, -0.2) is 0 Å². The average Bonchev–Trinajstić information content (AvgIpc) is 2.60. The molecular formula is C11H15NS. The monoisotopic (exact) mass is 193 g/mol. The Morgan fingerprint density at radius 1 is 1.46 bits per heavy atom. The van der Waals surface area contributed by atoms with Crippen LogP contribution in [0.2, 0.25) is 0 Å². The van der Waals surface area contributed by atoms with Gasteiger partial charge in [-0.25, -0.2) is 0 Å². The molecule has 0 fully saturated rings. The second-order valence-corrected chi connectivity index (χ2v) is 4.50. The molecule has 0 radical (unpaired) electrons. The van der Waals surface area contributed by atoms with Crippen molar-refractivity contribution in [3.05, 3.63) is 29.8 Å². The SMILES string of the molecule is CCC(C)C1NSc2ccccc21. The third-order valence-corrected chi connectivity index (χ3v) is 3.73. The summed E-state index contributed by atoms with van der Waals surface area (Å²) < 4.78 is 3.49. The number of nitrogens with one attached hydrogen (secondary N) is 1. The van der Waals surface area contributed by atoms with Gasteiger partial charge >= 0.3 is 0 Å². The van der Waals surface area contributed by atoms with Crippen molar-refractivity contribution in [1.29, 1.82) is 0 Å². The standard InChI is InChI=1S/C11H15NS/c1-3-8(2)11-9-6-4-5-7-10(9)13-12-11/h4-8,11-12H,3H2,1-2H3. The van der Waals surface area contributed by atoms with Gasteiger partial charge in [0.15, 0.2) is 0 Å². The molecule has 1 aromatic rings. The maximum absolute atomic E-state index is 3.49. The first-order valence-corrected chi connectivity index (χ1v) is 5.66. The predicted molar refractivity (Wildman–Crippen MR) is 57.6 cm³/mol. The zero-order chi connectivity index (χ0) is 9.26. The van der Waals surface area contributed by atoms with Gasteiger partial charge in [0.2, 0.25) is 0 Å². The number of hydrogen-bond donors (Lipinski definition) is 1. The van der Waals surface area contributed by atoms with Crippen molar-refractivity contribution >= 4 is 11.9 Å². The van der Waals surface area contributed by atoms with Crippen molar-refractivity contribution in [2.75, 3.05) is 0 Å². The number of hydrogen-bond acceptors (Lipinski definition) is 2. The molecule has 1 N–H and O–H groups in total. The summed E-state index contributed by atoms with van der Waals surface area (Å²) in [6, 6.07) is 9.20. The predicted octanol–water partition coefficient (Wildman–Crippen LogP) is 3.38. The quantitative estimate of drug-likeness (QED) is 0.723. The summed E-state index contributed by atoms with van der Waals surface area (Å²) in [4.78, 5) is 1.40. The summed E-state index contributed by atoms with van der Waals surface area (Å²) >= 11 is 1.77.